The van der Waals surface area contributed by atoms with Crippen LogP contribution in [0.25, 0.3) is 0 Å². The molecule has 1 fully saturated rings. The molecule has 1 N–H and O–H groups in total. The van der Waals surface area contributed by atoms with Gasteiger partial charge in [0, 0.05) is 10.9 Å². The third-order valence-electron chi connectivity index (χ3n) is 4.10. The Labute approximate surface area is 121 Å². The summed E-state index contributed by atoms with van der Waals surface area (Å²) >= 11 is 0. The standard InChI is InChI=1S/C15H21F2NOS/c1-15(2)7-6-13(18-3)14(9-15)20(19)10-4-5-11(16)12(17)8-10/h4-5,8,13-14,18H,6-7,9H2,1-3H3. The number of hydrogen-bond donors (Lipinski definition) is 1. The van der Waals surface area contributed by atoms with Crippen molar-refractivity contribution in [1.29, 1.82) is 0 Å². The van der Waals surface area contributed by atoms with E-state index >= 15 is 0 Å². The van der Waals surface area contributed by atoms with Gasteiger partial charge in [0.25, 0.3) is 0 Å². The molecule has 3 unspecified atom stereocenters. The van der Waals surface area contributed by atoms with Crippen molar-refractivity contribution in [1.82, 2.24) is 5.32 Å². The molecule has 20 heavy (non-hydrogen) atoms. The minimum Gasteiger partial charge on any atom is -0.316 e. The monoisotopic (exact) mass is 301 g/mol. The van der Waals surface area contributed by atoms with Crippen molar-refractivity contribution in [2.24, 2.45) is 5.41 Å². The molecule has 1 saturated carbocycles. The van der Waals surface area contributed by atoms with Crippen LogP contribution in [-0.2, 0) is 10.8 Å². The van der Waals surface area contributed by atoms with Gasteiger partial charge in [0.05, 0.1) is 16.0 Å². The Morgan fingerprint density at radius 2 is 2.00 bits per heavy atom. The van der Waals surface area contributed by atoms with E-state index in [-0.39, 0.29) is 16.7 Å². The maximum Gasteiger partial charge on any atom is 0.160 e. The van der Waals surface area contributed by atoms with E-state index in [1.807, 2.05) is 7.05 Å². The first-order chi connectivity index (χ1) is 9.34. The highest BCUT2D eigenvalue weighted by Crippen LogP contribution is 2.38. The zero-order valence-corrected chi connectivity index (χ0v) is 12.9. The molecule has 0 heterocycles. The van der Waals surface area contributed by atoms with Crippen LogP contribution in [0.5, 0.6) is 0 Å². The van der Waals surface area contributed by atoms with Gasteiger partial charge in [-0.05, 0) is 49.9 Å². The summed E-state index contributed by atoms with van der Waals surface area (Å²) < 4.78 is 39.0. The van der Waals surface area contributed by atoms with Crippen molar-refractivity contribution in [2.45, 2.75) is 49.3 Å². The second kappa shape index (κ2) is 5.90. The first-order valence-electron chi connectivity index (χ1n) is 6.87. The van der Waals surface area contributed by atoms with E-state index in [0.717, 1.165) is 31.4 Å². The Morgan fingerprint density at radius 3 is 2.60 bits per heavy atom. The minimum atomic E-state index is -1.33. The molecule has 1 aliphatic rings. The second-order valence-corrected chi connectivity index (χ2v) is 7.89. The zero-order valence-electron chi connectivity index (χ0n) is 12.1. The third kappa shape index (κ3) is 3.26. The summed E-state index contributed by atoms with van der Waals surface area (Å²) in [5.74, 6) is -1.84. The fourth-order valence-electron chi connectivity index (χ4n) is 2.85. The fraction of sp³-hybridized carbons (Fsp3) is 0.600. The lowest BCUT2D eigenvalue weighted by Crippen LogP contribution is -2.47. The van der Waals surface area contributed by atoms with Crippen molar-refractivity contribution >= 4 is 10.8 Å². The molecule has 3 atom stereocenters. The average Bonchev–Trinajstić information content (AvgIpc) is 2.40. The van der Waals surface area contributed by atoms with E-state index in [4.69, 9.17) is 0 Å². The van der Waals surface area contributed by atoms with Crippen LogP contribution < -0.4 is 5.32 Å². The molecule has 112 valence electrons. The topological polar surface area (TPSA) is 29.1 Å². The van der Waals surface area contributed by atoms with Crippen LogP contribution in [0.3, 0.4) is 0 Å². The SMILES string of the molecule is CNC1CCC(C)(C)CC1S(=O)c1ccc(F)c(F)c1. The maximum absolute atomic E-state index is 13.3. The number of hydrogen-bond acceptors (Lipinski definition) is 2. The summed E-state index contributed by atoms with van der Waals surface area (Å²) in [6, 6.07) is 3.67. The van der Waals surface area contributed by atoms with Gasteiger partial charge in [-0.25, -0.2) is 8.78 Å². The summed E-state index contributed by atoms with van der Waals surface area (Å²) in [4.78, 5) is 0.367. The zero-order chi connectivity index (χ0) is 14.9. The predicted molar refractivity (Wildman–Crippen MR) is 77.0 cm³/mol. The predicted octanol–water partition coefficient (Wildman–Crippen LogP) is 3.24. The molecule has 2 rings (SSSR count). The molecule has 0 radical (unpaired) electrons. The van der Waals surface area contributed by atoms with E-state index in [1.54, 1.807) is 0 Å². The van der Waals surface area contributed by atoms with Gasteiger partial charge in [0.1, 0.15) is 0 Å². The summed E-state index contributed by atoms with van der Waals surface area (Å²) in [6.07, 6.45) is 2.83. The summed E-state index contributed by atoms with van der Waals surface area (Å²) in [5.41, 5.74) is 0.131. The molecular weight excluding hydrogens is 280 g/mol. The van der Waals surface area contributed by atoms with Gasteiger partial charge in [-0.15, -0.1) is 0 Å². The van der Waals surface area contributed by atoms with Crippen LogP contribution in [0.4, 0.5) is 8.78 Å². The molecule has 5 heteroatoms. The van der Waals surface area contributed by atoms with E-state index < -0.39 is 22.4 Å². The Kier molecular flexibility index (Phi) is 4.59. The van der Waals surface area contributed by atoms with Crippen molar-refractivity contribution in [3.05, 3.63) is 29.8 Å². The van der Waals surface area contributed by atoms with Crippen LogP contribution in [0.2, 0.25) is 0 Å². The van der Waals surface area contributed by atoms with Crippen molar-refractivity contribution < 1.29 is 13.0 Å². The van der Waals surface area contributed by atoms with Gasteiger partial charge in [-0.2, -0.15) is 0 Å². The van der Waals surface area contributed by atoms with E-state index in [2.05, 4.69) is 19.2 Å². The lowest BCUT2D eigenvalue weighted by Gasteiger charge is -2.40. The van der Waals surface area contributed by atoms with Crippen molar-refractivity contribution in [3.8, 4) is 0 Å². The van der Waals surface area contributed by atoms with Crippen LogP contribution in [-0.4, -0.2) is 22.5 Å². The van der Waals surface area contributed by atoms with E-state index in [0.29, 0.717) is 4.90 Å². The summed E-state index contributed by atoms with van der Waals surface area (Å²) in [5, 5.41) is 3.13. The molecule has 1 aromatic carbocycles. The molecule has 1 aliphatic carbocycles. The minimum absolute atomic E-state index is 0.0754. The lowest BCUT2D eigenvalue weighted by atomic mass is 9.75. The smallest absolute Gasteiger partial charge is 0.160 e. The highest BCUT2D eigenvalue weighted by atomic mass is 32.2. The summed E-state index contributed by atoms with van der Waals surface area (Å²) in [7, 11) is 0.525. The van der Waals surface area contributed by atoms with Crippen LogP contribution in [0.15, 0.2) is 23.1 Å². The van der Waals surface area contributed by atoms with Crippen LogP contribution >= 0.6 is 0 Å². The maximum atomic E-state index is 13.3. The van der Waals surface area contributed by atoms with Gasteiger partial charge in [-0.1, -0.05) is 13.8 Å². The number of benzene rings is 1. The molecule has 2 nitrogen and oxygen atoms in total. The molecule has 0 saturated heterocycles. The van der Waals surface area contributed by atoms with E-state index in [9.17, 15) is 13.0 Å². The molecular formula is C15H21F2NOS. The third-order valence-corrected chi connectivity index (χ3v) is 5.87. The highest BCUT2D eigenvalue weighted by Gasteiger charge is 2.38. The number of nitrogens with one attached hydrogen (secondary N) is 1. The Hall–Kier alpha value is -0.810. The van der Waals surface area contributed by atoms with Gasteiger partial charge < -0.3 is 5.32 Å². The quantitative estimate of drug-likeness (QED) is 0.928. The van der Waals surface area contributed by atoms with Crippen LogP contribution in [0.1, 0.15) is 33.1 Å². The normalized spacial score (nSPS) is 27.2. The molecule has 0 amide bonds. The van der Waals surface area contributed by atoms with Gasteiger partial charge in [-0.3, -0.25) is 4.21 Å². The first kappa shape index (κ1) is 15.6. The molecule has 0 bridgehead atoms. The van der Waals surface area contributed by atoms with E-state index in [1.165, 1.54) is 6.07 Å². The largest absolute Gasteiger partial charge is 0.316 e. The first-order valence-corrected chi connectivity index (χ1v) is 8.08. The Bertz CT molecular complexity index is 519. The highest BCUT2D eigenvalue weighted by molar-refractivity contribution is 7.85. The molecule has 1 aromatic rings. The Balaban J connectivity index is 2.26. The second-order valence-electron chi connectivity index (χ2n) is 6.21. The molecule has 0 spiro atoms. The van der Waals surface area contributed by atoms with Crippen molar-refractivity contribution in [2.75, 3.05) is 7.05 Å². The van der Waals surface area contributed by atoms with Crippen LogP contribution in [0, 0.1) is 17.0 Å². The lowest BCUT2D eigenvalue weighted by molar-refractivity contribution is 0.216. The summed E-state index contributed by atoms with van der Waals surface area (Å²) in [6.45, 7) is 4.32. The fourth-order valence-corrected chi connectivity index (χ4v) is 4.80. The molecule has 0 aliphatic heterocycles. The van der Waals surface area contributed by atoms with Crippen molar-refractivity contribution in [3.63, 3.8) is 0 Å². The van der Waals surface area contributed by atoms with Gasteiger partial charge in [0.2, 0.25) is 0 Å². The van der Waals surface area contributed by atoms with Gasteiger partial charge in [0.15, 0.2) is 11.6 Å². The average molecular weight is 301 g/mol. The number of rotatable bonds is 3. The molecule has 0 aromatic heterocycles. The van der Waals surface area contributed by atoms with Gasteiger partial charge >= 0.3 is 0 Å². The number of halogens is 2. The Morgan fingerprint density at radius 1 is 1.30 bits per heavy atom.